The number of carbonyl (C=O) groups is 1. The molecule has 1 N–H and O–H groups in total. The molecule has 0 radical (unpaired) electrons. The minimum Gasteiger partial charge on any atom is -0.340 e. The van der Waals surface area contributed by atoms with Crippen molar-refractivity contribution in [1.29, 1.82) is 0 Å². The summed E-state index contributed by atoms with van der Waals surface area (Å²) in [5.41, 5.74) is 2.31. The van der Waals surface area contributed by atoms with Crippen LogP contribution in [0.15, 0.2) is 35.1 Å². The summed E-state index contributed by atoms with van der Waals surface area (Å²) >= 11 is 0. The molecular formula is C16H17N3O4. The van der Waals surface area contributed by atoms with E-state index < -0.39 is 4.92 Å². The quantitative estimate of drug-likeness (QED) is 0.692. The molecule has 0 fully saturated rings. The van der Waals surface area contributed by atoms with Crippen LogP contribution in [0.4, 0.5) is 11.4 Å². The SMILES string of the molecule is Cc1ccc([N+](=O)[O-])cc1NC(=O)Cn1c(C)cc(=O)cc1C. The van der Waals surface area contributed by atoms with Crippen molar-refractivity contribution in [3.63, 3.8) is 0 Å². The van der Waals surface area contributed by atoms with Crippen LogP contribution in [-0.4, -0.2) is 15.4 Å². The number of aromatic nitrogens is 1. The number of carbonyl (C=O) groups excluding carboxylic acids is 1. The molecule has 0 aliphatic carbocycles. The molecule has 7 nitrogen and oxygen atoms in total. The van der Waals surface area contributed by atoms with Crippen LogP contribution in [0.25, 0.3) is 0 Å². The fourth-order valence-corrected chi connectivity index (χ4v) is 2.33. The van der Waals surface area contributed by atoms with E-state index >= 15 is 0 Å². The van der Waals surface area contributed by atoms with Crippen LogP contribution in [0.1, 0.15) is 17.0 Å². The van der Waals surface area contributed by atoms with Gasteiger partial charge in [0, 0.05) is 35.7 Å². The maximum absolute atomic E-state index is 12.2. The number of nitro groups is 1. The molecule has 0 unspecified atom stereocenters. The Morgan fingerprint density at radius 3 is 2.35 bits per heavy atom. The van der Waals surface area contributed by atoms with Crippen molar-refractivity contribution >= 4 is 17.3 Å². The molecule has 1 heterocycles. The van der Waals surface area contributed by atoms with Gasteiger partial charge in [-0.15, -0.1) is 0 Å². The minimum absolute atomic E-state index is 0.0279. The molecule has 120 valence electrons. The Labute approximate surface area is 132 Å². The summed E-state index contributed by atoms with van der Waals surface area (Å²) in [5.74, 6) is -0.316. The molecule has 0 aliphatic heterocycles. The van der Waals surface area contributed by atoms with Crippen LogP contribution in [0.2, 0.25) is 0 Å². The molecule has 7 heteroatoms. The topological polar surface area (TPSA) is 94.2 Å². The molecule has 2 aromatic rings. The average molecular weight is 315 g/mol. The van der Waals surface area contributed by atoms with E-state index in [0.717, 1.165) is 5.56 Å². The van der Waals surface area contributed by atoms with E-state index in [-0.39, 0.29) is 23.6 Å². The van der Waals surface area contributed by atoms with Crippen molar-refractivity contribution in [2.75, 3.05) is 5.32 Å². The Hall–Kier alpha value is -2.96. The maximum atomic E-state index is 12.2. The Morgan fingerprint density at radius 2 is 1.78 bits per heavy atom. The zero-order valence-corrected chi connectivity index (χ0v) is 13.1. The van der Waals surface area contributed by atoms with E-state index in [4.69, 9.17) is 0 Å². The Balaban J connectivity index is 2.22. The monoisotopic (exact) mass is 315 g/mol. The number of anilines is 1. The first kappa shape index (κ1) is 16.4. The number of aryl methyl sites for hydroxylation is 3. The zero-order chi connectivity index (χ0) is 17.1. The van der Waals surface area contributed by atoms with Crippen LogP contribution < -0.4 is 10.7 Å². The number of rotatable bonds is 4. The molecule has 2 rings (SSSR count). The lowest BCUT2D eigenvalue weighted by atomic mass is 10.2. The van der Waals surface area contributed by atoms with E-state index in [1.54, 1.807) is 31.4 Å². The lowest BCUT2D eigenvalue weighted by Gasteiger charge is -2.14. The number of benzene rings is 1. The van der Waals surface area contributed by atoms with Gasteiger partial charge in [-0.25, -0.2) is 0 Å². The molecule has 0 saturated heterocycles. The minimum atomic E-state index is -0.509. The van der Waals surface area contributed by atoms with Gasteiger partial charge in [-0.3, -0.25) is 19.7 Å². The second-order valence-electron chi connectivity index (χ2n) is 5.36. The summed E-state index contributed by atoms with van der Waals surface area (Å²) in [6, 6.07) is 7.22. The standard InChI is InChI=1S/C16H17N3O4/c1-10-4-5-13(19(22)23)8-15(10)17-16(21)9-18-11(2)6-14(20)7-12(18)3/h4-8H,9H2,1-3H3,(H,17,21). The van der Waals surface area contributed by atoms with Gasteiger partial charge in [0.15, 0.2) is 5.43 Å². The van der Waals surface area contributed by atoms with Crippen molar-refractivity contribution in [2.45, 2.75) is 27.3 Å². The average Bonchev–Trinajstić information content (AvgIpc) is 2.45. The highest BCUT2D eigenvalue weighted by Gasteiger charge is 2.12. The third-order valence-corrected chi connectivity index (χ3v) is 3.56. The van der Waals surface area contributed by atoms with E-state index in [9.17, 15) is 19.7 Å². The first-order valence-electron chi connectivity index (χ1n) is 7.01. The fraction of sp³-hybridized carbons (Fsp3) is 0.250. The molecule has 1 aromatic carbocycles. The number of pyridine rings is 1. The maximum Gasteiger partial charge on any atom is 0.271 e. The molecular weight excluding hydrogens is 298 g/mol. The van der Waals surface area contributed by atoms with Gasteiger partial charge in [0.1, 0.15) is 6.54 Å². The number of hydrogen-bond acceptors (Lipinski definition) is 4. The van der Waals surface area contributed by atoms with Gasteiger partial charge >= 0.3 is 0 Å². The molecule has 1 amide bonds. The van der Waals surface area contributed by atoms with Gasteiger partial charge in [0.2, 0.25) is 5.91 Å². The van der Waals surface area contributed by atoms with Crippen molar-refractivity contribution in [1.82, 2.24) is 4.57 Å². The van der Waals surface area contributed by atoms with Crippen LogP contribution in [0.3, 0.4) is 0 Å². The number of amides is 1. The van der Waals surface area contributed by atoms with Crippen LogP contribution in [-0.2, 0) is 11.3 Å². The molecule has 0 atom stereocenters. The van der Waals surface area contributed by atoms with Crippen LogP contribution in [0, 0.1) is 30.9 Å². The highest BCUT2D eigenvalue weighted by atomic mass is 16.6. The smallest absolute Gasteiger partial charge is 0.271 e. The number of nitro benzene ring substituents is 1. The Bertz CT molecular complexity index is 813. The largest absolute Gasteiger partial charge is 0.340 e. The van der Waals surface area contributed by atoms with Crippen molar-refractivity contribution < 1.29 is 9.72 Å². The highest BCUT2D eigenvalue weighted by molar-refractivity contribution is 5.91. The summed E-state index contributed by atoms with van der Waals surface area (Å²) in [4.78, 5) is 33.9. The predicted molar refractivity (Wildman–Crippen MR) is 86.6 cm³/mol. The fourth-order valence-electron chi connectivity index (χ4n) is 2.33. The first-order valence-corrected chi connectivity index (χ1v) is 7.01. The highest BCUT2D eigenvalue weighted by Crippen LogP contribution is 2.21. The third kappa shape index (κ3) is 3.82. The molecule has 0 spiro atoms. The predicted octanol–water partition coefficient (Wildman–Crippen LogP) is 2.32. The van der Waals surface area contributed by atoms with E-state index in [1.807, 2.05) is 0 Å². The number of nitrogens with one attached hydrogen (secondary N) is 1. The van der Waals surface area contributed by atoms with Gasteiger partial charge in [0.05, 0.1) is 10.6 Å². The second-order valence-corrected chi connectivity index (χ2v) is 5.36. The second kappa shape index (κ2) is 6.43. The molecule has 0 bridgehead atoms. The number of nitrogens with zero attached hydrogens (tertiary/aromatic N) is 2. The molecule has 23 heavy (non-hydrogen) atoms. The summed E-state index contributed by atoms with van der Waals surface area (Å²) < 4.78 is 1.71. The number of non-ortho nitro benzene ring substituents is 1. The van der Waals surface area contributed by atoms with Crippen molar-refractivity contribution in [3.05, 3.63) is 67.6 Å². The van der Waals surface area contributed by atoms with Gasteiger partial charge in [0.25, 0.3) is 5.69 Å². The van der Waals surface area contributed by atoms with Gasteiger partial charge < -0.3 is 9.88 Å². The van der Waals surface area contributed by atoms with E-state index in [1.165, 1.54) is 24.3 Å². The van der Waals surface area contributed by atoms with E-state index in [0.29, 0.717) is 17.1 Å². The zero-order valence-electron chi connectivity index (χ0n) is 13.1. The lowest BCUT2D eigenvalue weighted by Crippen LogP contribution is -2.23. The van der Waals surface area contributed by atoms with Gasteiger partial charge in [-0.2, -0.15) is 0 Å². The molecule has 0 aliphatic rings. The first-order chi connectivity index (χ1) is 10.8. The van der Waals surface area contributed by atoms with Crippen molar-refractivity contribution in [2.24, 2.45) is 0 Å². The van der Waals surface area contributed by atoms with Crippen molar-refractivity contribution in [3.8, 4) is 0 Å². The van der Waals surface area contributed by atoms with Gasteiger partial charge in [-0.05, 0) is 26.3 Å². The molecule has 1 aromatic heterocycles. The van der Waals surface area contributed by atoms with Crippen LogP contribution in [0.5, 0.6) is 0 Å². The van der Waals surface area contributed by atoms with Gasteiger partial charge in [-0.1, -0.05) is 6.07 Å². The molecule has 0 saturated carbocycles. The van der Waals surface area contributed by atoms with E-state index in [2.05, 4.69) is 5.32 Å². The summed E-state index contributed by atoms with van der Waals surface area (Å²) in [6.07, 6.45) is 0. The number of hydrogen-bond donors (Lipinski definition) is 1. The normalized spacial score (nSPS) is 10.4. The lowest BCUT2D eigenvalue weighted by molar-refractivity contribution is -0.384. The Morgan fingerprint density at radius 1 is 1.17 bits per heavy atom. The Kier molecular flexibility index (Phi) is 4.59. The van der Waals surface area contributed by atoms with Crippen LogP contribution >= 0.6 is 0 Å². The summed E-state index contributed by atoms with van der Waals surface area (Å²) in [6.45, 7) is 5.29. The third-order valence-electron chi connectivity index (χ3n) is 3.56. The summed E-state index contributed by atoms with van der Waals surface area (Å²) in [5, 5.41) is 13.5. The summed E-state index contributed by atoms with van der Waals surface area (Å²) in [7, 11) is 0.